The van der Waals surface area contributed by atoms with Gasteiger partial charge in [-0.1, -0.05) is 11.3 Å². The van der Waals surface area contributed by atoms with Crippen LogP contribution in [0.5, 0.6) is 5.75 Å². The summed E-state index contributed by atoms with van der Waals surface area (Å²) in [6.45, 7) is 1.83. The number of anilines is 1. The minimum Gasteiger partial charge on any atom is -0.497 e. The second kappa shape index (κ2) is 11.2. The maximum Gasteiger partial charge on any atom is 0.243 e. The molecule has 0 radical (unpaired) electrons. The summed E-state index contributed by atoms with van der Waals surface area (Å²) in [5, 5.41) is 0.549. The van der Waals surface area contributed by atoms with Crippen LogP contribution in [0.25, 0.3) is 10.2 Å². The summed E-state index contributed by atoms with van der Waals surface area (Å²) >= 11 is 1.30. The first-order chi connectivity index (χ1) is 17.2. The Kier molecular flexibility index (Phi) is 8.23. The van der Waals surface area contributed by atoms with Crippen molar-refractivity contribution < 1.29 is 22.3 Å². The number of benzene rings is 2. The largest absolute Gasteiger partial charge is 0.497 e. The molecule has 2 aromatic carbocycles. The van der Waals surface area contributed by atoms with Crippen molar-refractivity contribution in [3.8, 4) is 5.75 Å². The molecular weight excluding hydrogens is 503 g/mol. The Labute approximate surface area is 215 Å². The van der Waals surface area contributed by atoms with Gasteiger partial charge >= 0.3 is 0 Å². The SMILES string of the molecule is COc1ccc(S(=O)(=O)N2CCC(C(=O)N(CCCN(C)C)c3nc4ccc(F)cc4s3)CC2)cc1. The number of halogens is 1. The molecule has 0 bridgehead atoms. The summed E-state index contributed by atoms with van der Waals surface area (Å²) in [6.07, 6.45) is 1.61. The summed E-state index contributed by atoms with van der Waals surface area (Å²) in [6, 6.07) is 10.7. The Morgan fingerprint density at radius 3 is 2.47 bits per heavy atom. The van der Waals surface area contributed by atoms with E-state index in [0.29, 0.717) is 40.5 Å². The lowest BCUT2D eigenvalue weighted by molar-refractivity contribution is -0.123. The molecule has 1 fully saturated rings. The summed E-state index contributed by atoms with van der Waals surface area (Å²) in [4.78, 5) is 22.2. The predicted molar refractivity (Wildman–Crippen MR) is 140 cm³/mol. The highest BCUT2D eigenvalue weighted by Crippen LogP contribution is 2.32. The van der Waals surface area contributed by atoms with E-state index in [2.05, 4.69) is 9.88 Å². The van der Waals surface area contributed by atoms with Gasteiger partial charge in [0.05, 0.1) is 22.2 Å². The van der Waals surface area contributed by atoms with Crippen molar-refractivity contribution >= 4 is 42.6 Å². The molecule has 0 unspecified atom stereocenters. The van der Waals surface area contributed by atoms with Crippen LogP contribution in [0.15, 0.2) is 47.4 Å². The third kappa shape index (κ3) is 5.86. The quantitative estimate of drug-likeness (QED) is 0.415. The summed E-state index contributed by atoms with van der Waals surface area (Å²) in [5.74, 6) is -0.121. The number of fused-ring (bicyclic) bond motifs is 1. The van der Waals surface area contributed by atoms with Gasteiger partial charge in [0.15, 0.2) is 5.13 Å². The lowest BCUT2D eigenvalue weighted by Gasteiger charge is -2.33. The molecule has 4 rings (SSSR count). The molecule has 36 heavy (non-hydrogen) atoms. The molecule has 11 heteroatoms. The van der Waals surface area contributed by atoms with Gasteiger partial charge in [0.2, 0.25) is 15.9 Å². The van der Waals surface area contributed by atoms with Gasteiger partial charge < -0.3 is 9.64 Å². The number of carbonyl (C=O) groups excluding carboxylic acids is 1. The van der Waals surface area contributed by atoms with Crippen molar-refractivity contribution in [2.75, 3.05) is 52.3 Å². The molecular formula is C25H31FN4O4S2. The number of hydrogen-bond donors (Lipinski definition) is 0. The van der Waals surface area contributed by atoms with E-state index in [9.17, 15) is 17.6 Å². The molecule has 1 aliphatic rings. The molecule has 1 aromatic heterocycles. The van der Waals surface area contributed by atoms with E-state index in [1.807, 2.05) is 14.1 Å². The number of ether oxygens (including phenoxy) is 1. The van der Waals surface area contributed by atoms with Crippen LogP contribution < -0.4 is 9.64 Å². The zero-order valence-corrected chi connectivity index (χ0v) is 22.3. The number of aromatic nitrogens is 1. The number of hydrogen-bond acceptors (Lipinski definition) is 7. The van der Waals surface area contributed by atoms with Crippen LogP contribution in [0.4, 0.5) is 9.52 Å². The highest BCUT2D eigenvalue weighted by molar-refractivity contribution is 7.89. The van der Waals surface area contributed by atoms with Crippen molar-refractivity contribution in [1.82, 2.24) is 14.2 Å². The number of methoxy groups -OCH3 is 1. The zero-order chi connectivity index (χ0) is 25.9. The van der Waals surface area contributed by atoms with Crippen molar-refractivity contribution in [3.63, 3.8) is 0 Å². The molecule has 0 saturated carbocycles. The molecule has 1 saturated heterocycles. The highest BCUT2D eigenvalue weighted by Gasteiger charge is 2.35. The first kappa shape index (κ1) is 26.5. The lowest BCUT2D eigenvalue weighted by atomic mass is 9.96. The van der Waals surface area contributed by atoms with Crippen LogP contribution in [0, 0.1) is 11.7 Å². The maximum absolute atomic E-state index is 13.7. The van der Waals surface area contributed by atoms with Crippen LogP contribution >= 0.6 is 11.3 Å². The third-order valence-electron chi connectivity index (χ3n) is 6.32. The van der Waals surface area contributed by atoms with E-state index in [4.69, 9.17) is 4.74 Å². The second-order valence-electron chi connectivity index (χ2n) is 9.11. The number of rotatable bonds is 9. The molecule has 194 valence electrons. The van der Waals surface area contributed by atoms with Crippen molar-refractivity contribution in [2.24, 2.45) is 5.92 Å². The number of amides is 1. The highest BCUT2D eigenvalue weighted by atomic mass is 32.2. The molecule has 0 atom stereocenters. The Morgan fingerprint density at radius 1 is 1.14 bits per heavy atom. The maximum atomic E-state index is 13.7. The molecule has 0 N–H and O–H groups in total. The van der Waals surface area contributed by atoms with Crippen molar-refractivity contribution in [1.29, 1.82) is 0 Å². The van der Waals surface area contributed by atoms with E-state index in [1.165, 1.54) is 47.0 Å². The minimum atomic E-state index is -3.65. The van der Waals surface area contributed by atoms with E-state index in [0.717, 1.165) is 13.0 Å². The van der Waals surface area contributed by atoms with Gasteiger partial charge in [-0.2, -0.15) is 4.31 Å². The zero-order valence-electron chi connectivity index (χ0n) is 20.7. The first-order valence-corrected chi connectivity index (χ1v) is 14.1. The Morgan fingerprint density at radius 2 is 1.83 bits per heavy atom. The smallest absolute Gasteiger partial charge is 0.243 e. The number of piperidine rings is 1. The molecule has 3 aromatic rings. The number of sulfonamides is 1. The van der Waals surface area contributed by atoms with Crippen molar-refractivity contribution in [2.45, 2.75) is 24.2 Å². The van der Waals surface area contributed by atoms with Crippen LogP contribution in [0.2, 0.25) is 0 Å². The Bertz CT molecular complexity index is 1300. The van der Waals surface area contributed by atoms with Crippen LogP contribution in [0.3, 0.4) is 0 Å². The van der Waals surface area contributed by atoms with Gasteiger partial charge in [-0.25, -0.2) is 17.8 Å². The van der Waals surface area contributed by atoms with E-state index < -0.39 is 10.0 Å². The number of nitrogens with zero attached hydrogens (tertiary/aromatic N) is 4. The van der Waals surface area contributed by atoms with Crippen LogP contribution in [-0.2, 0) is 14.8 Å². The summed E-state index contributed by atoms with van der Waals surface area (Å²) in [7, 11) is 1.83. The normalized spacial score (nSPS) is 15.5. The molecule has 1 aliphatic heterocycles. The van der Waals surface area contributed by atoms with Crippen molar-refractivity contribution in [3.05, 3.63) is 48.3 Å². The second-order valence-corrected chi connectivity index (χ2v) is 12.1. The van der Waals surface area contributed by atoms with Crippen LogP contribution in [0.1, 0.15) is 19.3 Å². The first-order valence-electron chi connectivity index (χ1n) is 11.9. The van der Waals surface area contributed by atoms with Gasteiger partial charge in [0.1, 0.15) is 11.6 Å². The fraction of sp³-hybridized carbons (Fsp3) is 0.440. The van der Waals surface area contributed by atoms with Gasteiger partial charge in [-0.05, 0) is 82.4 Å². The molecule has 8 nitrogen and oxygen atoms in total. The van der Waals surface area contributed by atoms with Crippen LogP contribution in [-0.4, -0.2) is 75.9 Å². The number of thiazole rings is 1. The summed E-state index contributed by atoms with van der Waals surface area (Å²) in [5.41, 5.74) is 0.655. The van der Waals surface area contributed by atoms with Gasteiger partial charge in [-0.3, -0.25) is 9.69 Å². The summed E-state index contributed by atoms with van der Waals surface area (Å²) < 4.78 is 47.2. The lowest BCUT2D eigenvalue weighted by Crippen LogP contribution is -2.45. The predicted octanol–water partition coefficient (Wildman–Crippen LogP) is 3.83. The monoisotopic (exact) mass is 534 g/mol. The van der Waals surface area contributed by atoms with E-state index in [1.54, 1.807) is 23.1 Å². The fourth-order valence-electron chi connectivity index (χ4n) is 4.31. The number of carbonyl (C=O) groups is 1. The average Bonchev–Trinajstić information content (AvgIpc) is 3.29. The Balaban J connectivity index is 1.48. The van der Waals surface area contributed by atoms with Gasteiger partial charge in [-0.15, -0.1) is 0 Å². The molecule has 0 spiro atoms. The minimum absolute atomic E-state index is 0.0604. The van der Waals surface area contributed by atoms with Gasteiger partial charge in [0, 0.05) is 25.6 Å². The van der Waals surface area contributed by atoms with E-state index in [-0.39, 0.29) is 35.6 Å². The molecule has 0 aliphatic carbocycles. The Hall–Kier alpha value is -2.60. The topological polar surface area (TPSA) is 83.0 Å². The average molecular weight is 535 g/mol. The molecule has 2 heterocycles. The standard InChI is InChI=1S/C25H31FN4O4S2/c1-28(2)13-4-14-30(25-27-22-10-5-19(26)17-23(22)35-25)24(31)18-11-15-29(16-12-18)36(32,33)21-8-6-20(34-3)7-9-21/h5-10,17-18H,4,11-16H2,1-3H3. The van der Waals surface area contributed by atoms with Gasteiger partial charge in [0.25, 0.3) is 0 Å². The molecule has 1 amide bonds. The third-order valence-corrected chi connectivity index (χ3v) is 9.28. The van der Waals surface area contributed by atoms with E-state index >= 15 is 0 Å². The fourth-order valence-corrected chi connectivity index (χ4v) is 6.80.